The van der Waals surface area contributed by atoms with Gasteiger partial charge in [-0.05, 0) is 55.8 Å². The van der Waals surface area contributed by atoms with Gasteiger partial charge in [0.25, 0.3) is 0 Å². The first-order chi connectivity index (χ1) is 12.0. The highest BCUT2D eigenvalue weighted by Crippen LogP contribution is 2.21. The van der Waals surface area contributed by atoms with Crippen LogP contribution in [0.2, 0.25) is 0 Å². The molecule has 3 rings (SSSR count). The SMILES string of the molecule is CC(=O)c1ccc(NCC2CCCN2C(=O)Cc2cc(C)cs2)nc1. The van der Waals surface area contributed by atoms with Crippen LogP contribution in [0.4, 0.5) is 5.82 Å². The maximum atomic E-state index is 12.6. The highest BCUT2D eigenvalue weighted by molar-refractivity contribution is 7.10. The minimum atomic E-state index is 0.00966. The molecule has 1 amide bonds. The Balaban J connectivity index is 1.56. The van der Waals surface area contributed by atoms with Crippen molar-refractivity contribution in [2.24, 2.45) is 0 Å². The van der Waals surface area contributed by atoms with Crippen molar-refractivity contribution < 1.29 is 9.59 Å². The monoisotopic (exact) mass is 357 g/mol. The summed E-state index contributed by atoms with van der Waals surface area (Å²) in [4.78, 5) is 31.3. The predicted octanol–water partition coefficient (Wildman–Crippen LogP) is 3.30. The van der Waals surface area contributed by atoms with Crippen LogP contribution in [0.15, 0.2) is 29.8 Å². The van der Waals surface area contributed by atoms with E-state index < -0.39 is 0 Å². The minimum absolute atomic E-state index is 0.00966. The van der Waals surface area contributed by atoms with Gasteiger partial charge in [-0.2, -0.15) is 0 Å². The van der Waals surface area contributed by atoms with Crippen LogP contribution in [0.3, 0.4) is 0 Å². The summed E-state index contributed by atoms with van der Waals surface area (Å²) in [6.45, 7) is 5.09. The molecule has 6 heteroatoms. The molecular weight excluding hydrogens is 334 g/mol. The van der Waals surface area contributed by atoms with Gasteiger partial charge in [-0.3, -0.25) is 9.59 Å². The van der Waals surface area contributed by atoms with E-state index in [0.717, 1.165) is 30.1 Å². The molecule has 0 bridgehead atoms. The molecule has 1 N–H and O–H groups in total. The summed E-state index contributed by atoms with van der Waals surface area (Å²) in [7, 11) is 0. The minimum Gasteiger partial charge on any atom is -0.368 e. The van der Waals surface area contributed by atoms with Crippen LogP contribution < -0.4 is 5.32 Å². The van der Waals surface area contributed by atoms with Gasteiger partial charge < -0.3 is 10.2 Å². The van der Waals surface area contributed by atoms with Crippen molar-refractivity contribution in [3.05, 3.63) is 45.8 Å². The van der Waals surface area contributed by atoms with Crippen molar-refractivity contribution in [3.8, 4) is 0 Å². The third kappa shape index (κ3) is 4.45. The molecule has 3 heterocycles. The average Bonchev–Trinajstić information content (AvgIpc) is 3.22. The second kappa shape index (κ2) is 7.78. The lowest BCUT2D eigenvalue weighted by Crippen LogP contribution is -2.40. The number of Topliss-reactive ketones (excluding diaryl/α,β-unsaturated/α-hetero) is 1. The Bertz CT molecular complexity index is 754. The molecule has 1 atom stereocenters. The quantitative estimate of drug-likeness (QED) is 0.806. The average molecular weight is 357 g/mol. The molecule has 0 radical (unpaired) electrons. The Morgan fingerprint density at radius 1 is 1.40 bits per heavy atom. The van der Waals surface area contributed by atoms with E-state index in [4.69, 9.17) is 0 Å². The summed E-state index contributed by atoms with van der Waals surface area (Å²) < 4.78 is 0. The fourth-order valence-corrected chi connectivity index (χ4v) is 4.01. The van der Waals surface area contributed by atoms with Crippen LogP contribution in [-0.2, 0) is 11.2 Å². The Hall–Kier alpha value is -2.21. The summed E-state index contributed by atoms with van der Waals surface area (Å²) in [5.74, 6) is 0.944. The van der Waals surface area contributed by atoms with Gasteiger partial charge in [-0.15, -0.1) is 11.3 Å². The molecule has 0 aromatic carbocycles. The van der Waals surface area contributed by atoms with E-state index >= 15 is 0 Å². The number of carbonyl (C=O) groups is 2. The molecule has 1 fully saturated rings. The topological polar surface area (TPSA) is 62.3 Å². The molecule has 1 aliphatic heterocycles. The van der Waals surface area contributed by atoms with Gasteiger partial charge in [0.15, 0.2) is 5.78 Å². The normalized spacial score (nSPS) is 16.9. The van der Waals surface area contributed by atoms with Crippen LogP contribution in [0, 0.1) is 6.92 Å². The van der Waals surface area contributed by atoms with Crippen molar-refractivity contribution in [3.63, 3.8) is 0 Å². The first kappa shape index (κ1) is 17.6. The number of thiophene rings is 1. The number of nitrogens with zero attached hydrogens (tertiary/aromatic N) is 2. The Kier molecular flexibility index (Phi) is 5.48. The third-order valence-corrected chi connectivity index (χ3v) is 5.55. The molecule has 1 unspecified atom stereocenters. The van der Waals surface area contributed by atoms with Gasteiger partial charge in [-0.25, -0.2) is 4.98 Å². The molecule has 25 heavy (non-hydrogen) atoms. The number of amides is 1. The summed E-state index contributed by atoms with van der Waals surface area (Å²) >= 11 is 1.65. The molecule has 2 aromatic heterocycles. The smallest absolute Gasteiger partial charge is 0.228 e. The molecule has 0 saturated carbocycles. The van der Waals surface area contributed by atoms with Gasteiger partial charge in [0.05, 0.1) is 6.42 Å². The van der Waals surface area contributed by atoms with Crippen LogP contribution in [0.5, 0.6) is 0 Å². The number of ketones is 1. The van der Waals surface area contributed by atoms with Gasteiger partial charge >= 0.3 is 0 Å². The molecule has 5 nitrogen and oxygen atoms in total. The second-order valence-electron chi connectivity index (χ2n) is 6.52. The molecule has 132 valence electrons. The number of aromatic nitrogens is 1. The lowest BCUT2D eigenvalue weighted by Gasteiger charge is -2.25. The van der Waals surface area contributed by atoms with Gasteiger partial charge in [0.2, 0.25) is 5.91 Å². The van der Waals surface area contributed by atoms with E-state index in [0.29, 0.717) is 18.5 Å². The van der Waals surface area contributed by atoms with Crippen molar-refractivity contribution in [1.29, 1.82) is 0 Å². The number of nitrogens with one attached hydrogen (secondary N) is 1. The zero-order valence-electron chi connectivity index (χ0n) is 14.6. The standard InChI is InChI=1S/C19H23N3O2S/c1-13-8-17(25-12-13)9-19(24)22-7-3-4-16(22)11-21-18-6-5-15(10-20-18)14(2)23/h5-6,8,10,12,16H,3-4,7,9,11H2,1-2H3,(H,20,21). The summed E-state index contributed by atoms with van der Waals surface area (Å²) in [5, 5.41) is 5.38. The third-order valence-electron chi connectivity index (χ3n) is 4.50. The summed E-state index contributed by atoms with van der Waals surface area (Å²) in [5.41, 5.74) is 1.82. The van der Waals surface area contributed by atoms with Crippen molar-refractivity contribution in [1.82, 2.24) is 9.88 Å². The first-order valence-electron chi connectivity index (χ1n) is 8.57. The van der Waals surface area contributed by atoms with Crippen LogP contribution in [-0.4, -0.2) is 40.7 Å². The van der Waals surface area contributed by atoms with Gasteiger partial charge in [0, 0.05) is 35.8 Å². The molecule has 1 aliphatic rings. The lowest BCUT2D eigenvalue weighted by atomic mass is 10.2. The molecule has 2 aromatic rings. The maximum absolute atomic E-state index is 12.6. The number of aryl methyl sites for hydroxylation is 1. The Labute approximate surface area is 152 Å². The van der Waals surface area contributed by atoms with Crippen molar-refractivity contribution in [2.45, 2.75) is 39.2 Å². The maximum Gasteiger partial charge on any atom is 0.228 e. The zero-order chi connectivity index (χ0) is 17.8. The van der Waals surface area contributed by atoms with Crippen LogP contribution >= 0.6 is 11.3 Å². The number of anilines is 1. The molecular formula is C19H23N3O2S. The van der Waals surface area contributed by atoms with E-state index in [2.05, 4.69) is 28.7 Å². The fourth-order valence-electron chi connectivity index (χ4n) is 3.14. The highest BCUT2D eigenvalue weighted by Gasteiger charge is 2.28. The first-order valence-corrected chi connectivity index (χ1v) is 9.45. The Morgan fingerprint density at radius 2 is 2.24 bits per heavy atom. The number of hydrogen-bond acceptors (Lipinski definition) is 5. The van der Waals surface area contributed by atoms with E-state index in [1.165, 1.54) is 12.5 Å². The van der Waals surface area contributed by atoms with E-state index in [9.17, 15) is 9.59 Å². The Morgan fingerprint density at radius 3 is 2.88 bits per heavy atom. The number of rotatable bonds is 6. The molecule has 0 spiro atoms. The van der Waals surface area contributed by atoms with Crippen molar-refractivity contribution >= 4 is 28.8 Å². The lowest BCUT2D eigenvalue weighted by molar-refractivity contribution is -0.131. The van der Waals surface area contributed by atoms with Gasteiger partial charge in [-0.1, -0.05) is 0 Å². The van der Waals surface area contributed by atoms with E-state index in [1.807, 2.05) is 11.0 Å². The number of hydrogen-bond donors (Lipinski definition) is 1. The van der Waals surface area contributed by atoms with Crippen molar-refractivity contribution in [2.75, 3.05) is 18.4 Å². The van der Waals surface area contributed by atoms with Gasteiger partial charge in [0.1, 0.15) is 5.82 Å². The zero-order valence-corrected chi connectivity index (χ0v) is 15.4. The predicted molar refractivity (Wildman–Crippen MR) is 100 cm³/mol. The number of likely N-dealkylation sites (tertiary alicyclic amines) is 1. The van der Waals surface area contributed by atoms with Crippen LogP contribution in [0.1, 0.15) is 40.6 Å². The number of carbonyl (C=O) groups excluding carboxylic acids is 2. The van der Waals surface area contributed by atoms with E-state index in [-0.39, 0.29) is 17.7 Å². The van der Waals surface area contributed by atoms with Crippen LogP contribution in [0.25, 0.3) is 0 Å². The largest absolute Gasteiger partial charge is 0.368 e. The molecule has 0 aliphatic carbocycles. The summed E-state index contributed by atoms with van der Waals surface area (Å²) in [6.07, 6.45) is 4.12. The fraction of sp³-hybridized carbons (Fsp3) is 0.421. The molecule has 1 saturated heterocycles. The number of pyridine rings is 1. The summed E-state index contributed by atoms with van der Waals surface area (Å²) in [6, 6.07) is 5.87. The highest BCUT2D eigenvalue weighted by atomic mass is 32.1. The van der Waals surface area contributed by atoms with E-state index in [1.54, 1.807) is 23.6 Å². The second-order valence-corrected chi connectivity index (χ2v) is 7.52.